The summed E-state index contributed by atoms with van der Waals surface area (Å²) in [6.07, 6.45) is 12.6. The first-order valence-corrected chi connectivity index (χ1v) is 6.39. The molecule has 0 bridgehead atoms. The van der Waals surface area contributed by atoms with Crippen LogP contribution >= 0.6 is 0 Å². The van der Waals surface area contributed by atoms with Crippen LogP contribution in [0.25, 0.3) is 0 Å². The minimum Gasteiger partial charge on any atom is -0.299 e. The maximum atomic E-state index is 11.8. The third-order valence-corrected chi connectivity index (χ3v) is 4.08. The van der Waals surface area contributed by atoms with Crippen LogP contribution < -0.4 is 0 Å². The second-order valence-corrected chi connectivity index (χ2v) is 5.14. The molecule has 0 unspecified atom stereocenters. The average Bonchev–Trinajstić information content (AvgIpc) is 2.87. The third-order valence-electron chi connectivity index (χ3n) is 4.08. The number of rotatable bonds is 4. The molecular weight excluding hydrogens is 228 g/mol. The van der Waals surface area contributed by atoms with Crippen molar-refractivity contribution in [1.29, 1.82) is 0 Å². The summed E-state index contributed by atoms with van der Waals surface area (Å²) in [5.41, 5.74) is 0. The van der Waals surface area contributed by atoms with E-state index >= 15 is 0 Å². The zero-order chi connectivity index (χ0) is 9.80. The van der Waals surface area contributed by atoms with Gasteiger partial charge in [0.25, 0.3) is 0 Å². The molecule has 0 aromatic carbocycles. The summed E-state index contributed by atoms with van der Waals surface area (Å²) in [7, 11) is 0. The van der Waals surface area contributed by atoms with Gasteiger partial charge in [-0.2, -0.15) is 0 Å². The molecule has 2 fully saturated rings. The van der Waals surface area contributed by atoms with Crippen LogP contribution in [-0.4, -0.2) is 5.78 Å². The van der Waals surface area contributed by atoms with Crippen LogP contribution in [0.5, 0.6) is 0 Å². The van der Waals surface area contributed by atoms with E-state index in [-0.39, 0.29) is 17.1 Å². The molecule has 0 aromatic heterocycles. The molecule has 0 radical (unpaired) electrons. The van der Waals surface area contributed by atoms with E-state index < -0.39 is 0 Å². The standard InChI is InChI=1S/C13H22O.Fe/c14-13(12-7-3-4-8-12)10-9-11-5-1-2-6-11;/h11-12H,1-10H2;. The van der Waals surface area contributed by atoms with Crippen LogP contribution in [0, 0.1) is 11.8 Å². The van der Waals surface area contributed by atoms with E-state index in [1.807, 2.05) is 0 Å². The van der Waals surface area contributed by atoms with Crippen molar-refractivity contribution in [3.8, 4) is 0 Å². The van der Waals surface area contributed by atoms with Crippen molar-refractivity contribution >= 4 is 5.78 Å². The first kappa shape index (κ1) is 13.3. The van der Waals surface area contributed by atoms with Gasteiger partial charge in [-0.1, -0.05) is 38.5 Å². The van der Waals surface area contributed by atoms with Crippen molar-refractivity contribution < 1.29 is 21.9 Å². The van der Waals surface area contributed by atoms with E-state index in [9.17, 15) is 4.79 Å². The van der Waals surface area contributed by atoms with Gasteiger partial charge < -0.3 is 0 Å². The quantitative estimate of drug-likeness (QED) is 0.695. The molecule has 0 spiro atoms. The van der Waals surface area contributed by atoms with Gasteiger partial charge >= 0.3 is 0 Å². The summed E-state index contributed by atoms with van der Waals surface area (Å²) in [5, 5.41) is 0. The molecular formula is C13H22FeO. The molecule has 0 atom stereocenters. The number of Topliss-reactive ketones (excluding diaryl/α,β-unsaturated/α-hetero) is 1. The van der Waals surface area contributed by atoms with Crippen LogP contribution in [0.1, 0.15) is 64.2 Å². The Kier molecular flexibility index (Phi) is 5.92. The number of carbonyl (C=O) groups excluding carboxylic acids is 1. The SMILES string of the molecule is O=C(CCC1CCCC1)C1CCCC1.[Fe]. The van der Waals surface area contributed by atoms with Crippen LogP contribution in [0.3, 0.4) is 0 Å². The van der Waals surface area contributed by atoms with Gasteiger partial charge in [-0.3, -0.25) is 4.79 Å². The minimum absolute atomic E-state index is 0. The predicted octanol–water partition coefficient (Wildman–Crippen LogP) is 3.71. The number of carbonyl (C=O) groups is 1. The van der Waals surface area contributed by atoms with Gasteiger partial charge in [0, 0.05) is 29.4 Å². The number of hydrogen-bond donors (Lipinski definition) is 0. The molecule has 0 saturated heterocycles. The van der Waals surface area contributed by atoms with Crippen LogP contribution in [-0.2, 0) is 21.9 Å². The molecule has 15 heavy (non-hydrogen) atoms. The Bertz CT molecular complexity index is 191. The smallest absolute Gasteiger partial charge is 0.135 e. The molecule has 2 saturated carbocycles. The van der Waals surface area contributed by atoms with Crippen molar-refractivity contribution in [3.63, 3.8) is 0 Å². The Hall–Kier alpha value is 0.189. The van der Waals surface area contributed by atoms with Gasteiger partial charge in [0.15, 0.2) is 0 Å². The summed E-state index contributed by atoms with van der Waals surface area (Å²) in [6.45, 7) is 0. The number of hydrogen-bond acceptors (Lipinski definition) is 1. The van der Waals surface area contributed by atoms with E-state index in [0.29, 0.717) is 11.7 Å². The molecule has 2 rings (SSSR count). The van der Waals surface area contributed by atoms with Gasteiger partial charge in [-0.25, -0.2) is 0 Å². The topological polar surface area (TPSA) is 17.1 Å². The van der Waals surface area contributed by atoms with Crippen molar-refractivity contribution in [3.05, 3.63) is 0 Å². The molecule has 2 aliphatic carbocycles. The average molecular weight is 250 g/mol. The Morgan fingerprint density at radius 3 is 2.07 bits per heavy atom. The largest absolute Gasteiger partial charge is 0.299 e. The number of ketones is 1. The Morgan fingerprint density at radius 1 is 0.933 bits per heavy atom. The minimum atomic E-state index is 0. The zero-order valence-corrected chi connectivity index (χ0v) is 10.6. The maximum Gasteiger partial charge on any atom is 0.135 e. The maximum absolute atomic E-state index is 11.8. The normalized spacial score (nSPS) is 22.9. The second kappa shape index (κ2) is 6.70. The van der Waals surface area contributed by atoms with E-state index in [1.54, 1.807) is 0 Å². The van der Waals surface area contributed by atoms with Gasteiger partial charge in [0.05, 0.1) is 0 Å². The van der Waals surface area contributed by atoms with E-state index in [1.165, 1.54) is 57.8 Å². The summed E-state index contributed by atoms with van der Waals surface area (Å²) >= 11 is 0. The van der Waals surface area contributed by atoms with Crippen molar-refractivity contribution in [2.45, 2.75) is 64.2 Å². The predicted molar refractivity (Wildman–Crippen MR) is 58.2 cm³/mol. The first-order chi connectivity index (χ1) is 6.86. The van der Waals surface area contributed by atoms with E-state index in [4.69, 9.17) is 0 Å². The molecule has 0 aliphatic heterocycles. The Labute approximate surface area is 104 Å². The monoisotopic (exact) mass is 250 g/mol. The fourth-order valence-electron chi connectivity index (χ4n) is 3.10. The Balaban J connectivity index is 0.00000112. The molecule has 0 N–H and O–H groups in total. The first-order valence-electron chi connectivity index (χ1n) is 6.39. The summed E-state index contributed by atoms with van der Waals surface area (Å²) in [6, 6.07) is 0. The van der Waals surface area contributed by atoms with E-state index in [0.717, 1.165) is 12.3 Å². The summed E-state index contributed by atoms with van der Waals surface area (Å²) in [4.78, 5) is 11.8. The molecule has 2 heteroatoms. The van der Waals surface area contributed by atoms with Crippen molar-refractivity contribution in [1.82, 2.24) is 0 Å². The molecule has 2 aliphatic rings. The summed E-state index contributed by atoms with van der Waals surface area (Å²) in [5.74, 6) is 1.92. The van der Waals surface area contributed by atoms with E-state index in [2.05, 4.69) is 0 Å². The molecule has 0 amide bonds. The van der Waals surface area contributed by atoms with Gasteiger partial charge in [-0.15, -0.1) is 0 Å². The van der Waals surface area contributed by atoms with Crippen LogP contribution in [0.4, 0.5) is 0 Å². The summed E-state index contributed by atoms with van der Waals surface area (Å²) < 4.78 is 0. The van der Waals surface area contributed by atoms with Crippen molar-refractivity contribution in [2.24, 2.45) is 11.8 Å². The third kappa shape index (κ3) is 3.92. The van der Waals surface area contributed by atoms with Gasteiger partial charge in [0.2, 0.25) is 0 Å². The molecule has 0 heterocycles. The van der Waals surface area contributed by atoms with Gasteiger partial charge in [-0.05, 0) is 25.2 Å². The van der Waals surface area contributed by atoms with Crippen LogP contribution in [0.2, 0.25) is 0 Å². The molecule has 1 nitrogen and oxygen atoms in total. The second-order valence-electron chi connectivity index (χ2n) is 5.14. The van der Waals surface area contributed by atoms with Gasteiger partial charge in [0.1, 0.15) is 5.78 Å². The fourth-order valence-corrected chi connectivity index (χ4v) is 3.10. The zero-order valence-electron chi connectivity index (χ0n) is 9.49. The Morgan fingerprint density at radius 2 is 1.47 bits per heavy atom. The van der Waals surface area contributed by atoms with Crippen LogP contribution in [0.15, 0.2) is 0 Å². The fraction of sp³-hybridized carbons (Fsp3) is 0.923. The molecule has 88 valence electrons. The van der Waals surface area contributed by atoms with Crippen molar-refractivity contribution in [2.75, 3.05) is 0 Å². The molecule has 0 aromatic rings.